The Morgan fingerprint density at radius 1 is 0.355 bits per heavy atom. The number of aliphatic hydroxyl groups is 20. The molecule has 38 nitrogen and oxygen atoms in total. The van der Waals surface area contributed by atoms with E-state index in [0.717, 1.165) is 70.6 Å². The van der Waals surface area contributed by atoms with Gasteiger partial charge in [-0.25, -0.2) is 4.57 Å². The van der Waals surface area contributed by atoms with Crippen LogP contribution in [0.4, 0.5) is 0 Å². The number of phosphoric ester groups is 1. The van der Waals surface area contributed by atoms with Gasteiger partial charge in [-0.15, -0.1) is 0 Å². The number of esters is 2. The van der Waals surface area contributed by atoms with Crippen molar-refractivity contribution in [3.05, 3.63) is 12.2 Å². The molecule has 5 heterocycles. The summed E-state index contributed by atoms with van der Waals surface area (Å²) < 4.78 is 92.8. The average molecular weight is 1620 g/mol. The number of ether oxygens (including phenoxy) is 12. The van der Waals surface area contributed by atoms with Crippen LogP contribution in [0.1, 0.15) is 181 Å². The maximum absolute atomic E-state index is 14.4. The summed E-state index contributed by atoms with van der Waals surface area (Å²) >= 11 is 0. The normalized spacial score (nSPS) is 38.7. The lowest BCUT2D eigenvalue weighted by Crippen LogP contribution is -2.69. The van der Waals surface area contributed by atoms with Crippen LogP contribution >= 0.6 is 7.82 Å². The van der Waals surface area contributed by atoms with Crippen LogP contribution in [0.3, 0.4) is 0 Å². The molecule has 5 saturated heterocycles. The molecule has 0 aromatic heterocycles. The van der Waals surface area contributed by atoms with E-state index >= 15 is 0 Å². The Bertz CT molecular complexity index is 2610. The molecule has 6 fully saturated rings. The summed E-state index contributed by atoms with van der Waals surface area (Å²) in [6, 6.07) is 0. The zero-order chi connectivity index (χ0) is 80.8. The minimum atomic E-state index is -5.85. The standard InChI is InChI=1S/C71H127O38P/c1-3-5-7-9-11-13-15-16-17-18-20-21-23-25-27-29-44(74)96-33-38(101-45(75)30-28-26-24-22-19-14-12-10-8-6-4-2)34-100-110(94,95)109-66-64(107-70-62(92)52(82)47(77)40(32-73)103-70)57(87)56(86)58(88)65(66)108-71-63(93)55(85)50(80)43(106-71)37-99-69-61(91)54(84)49(79)42(105-69)36-98-68-60(90)53(83)48(78)41(104-68)35-97-67-59(89)51(81)46(76)39(31-72)102-67/h16-17,38-43,46-73,76-93H,3-15,18-37H2,1-2H3,(H,94,95)/b17-16-/t38-,39?,40?,41?,42?,43?,46+,47-,48+,49+,50+,51?,52?,53?,54?,55?,56+,57?,58?,59+,60+,61+,62-,63+,64-,65?,66+,67-,68-,69-,70-,71+/m1/s1. The number of unbranched alkanes of at least 4 members (excludes halogenated alkanes) is 21. The van der Waals surface area contributed by atoms with E-state index in [-0.39, 0.29) is 12.8 Å². The van der Waals surface area contributed by atoms with Crippen molar-refractivity contribution in [2.45, 2.75) is 377 Å². The van der Waals surface area contributed by atoms with Gasteiger partial charge < -0.3 is 164 Å². The number of allylic oxidation sites excluding steroid dienone is 2. The number of rotatable bonds is 50. The van der Waals surface area contributed by atoms with Crippen molar-refractivity contribution in [2.75, 3.05) is 46.2 Å². The van der Waals surface area contributed by atoms with E-state index in [2.05, 4.69) is 26.0 Å². The third-order valence-electron chi connectivity index (χ3n) is 20.6. The Kier molecular flexibility index (Phi) is 43.6. The Balaban J connectivity index is 1.14. The molecule has 0 radical (unpaired) electrons. The molecule has 0 aromatic carbocycles. The van der Waals surface area contributed by atoms with Crippen LogP contribution in [0.15, 0.2) is 12.2 Å². The predicted octanol–water partition coefficient (Wildman–Crippen LogP) is -3.38. The molecule has 39 heteroatoms. The first kappa shape index (κ1) is 96.4. The molecule has 14 unspecified atom stereocenters. The Morgan fingerprint density at radius 3 is 1.03 bits per heavy atom. The van der Waals surface area contributed by atoms with Crippen molar-refractivity contribution >= 4 is 19.8 Å². The van der Waals surface area contributed by atoms with Gasteiger partial charge in [0.2, 0.25) is 0 Å². The zero-order valence-corrected chi connectivity index (χ0v) is 63.6. The summed E-state index contributed by atoms with van der Waals surface area (Å²) in [5.74, 6) is -1.49. The lowest BCUT2D eigenvalue weighted by molar-refractivity contribution is -0.365. The number of hydrogen-bond acceptors (Lipinski definition) is 37. The first-order valence-electron chi connectivity index (χ1n) is 39.1. The molecule has 644 valence electrons. The molecule has 0 aromatic rings. The van der Waals surface area contributed by atoms with E-state index < -0.39 is 262 Å². The fourth-order valence-electron chi connectivity index (χ4n) is 13.7. The van der Waals surface area contributed by atoms with Gasteiger partial charge in [0.15, 0.2) is 37.6 Å². The molecule has 21 N–H and O–H groups in total. The summed E-state index contributed by atoms with van der Waals surface area (Å²) in [6.07, 6.45) is -38.1. The molecule has 110 heavy (non-hydrogen) atoms. The quantitative estimate of drug-likeness (QED) is 0.0122. The number of phosphoric acid groups is 1. The van der Waals surface area contributed by atoms with Gasteiger partial charge in [0.05, 0.1) is 39.6 Å². The molecule has 0 amide bonds. The third kappa shape index (κ3) is 29.3. The van der Waals surface area contributed by atoms with E-state index in [1.54, 1.807) is 0 Å². The number of aliphatic hydroxyl groups excluding tert-OH is 20. The molecule has 1 saturated carbocycles. The lowest BCUT2D eigenvalue weighted by Gasteiger charge is -2.49. The van der Waals surface area contributed by atoms with E-state index in [9.17, 15) is 121 Å². The highest BCUT2D eigenvalue weighted by atomic mass is 31.2. The van der Waals surface area contributed by atoms with E-state index in [1.165, 1.54) is 57.8 Å². The highest BCUT2D eigenvalue weighted by Gasteiger charge is 2.59. The van der Waals surface area contributed by atoms with Crippen molar-refractivity contribution in [1.82, 2.24) is 0 Å². The van der Waals surface area contributed by atoms with Crippen LogP contribution < -0.4 is 0 Å². The Hall–Kier alpha value is -2.41. The van der Waals surface area contributed by atoms with Gasteiger partial charge in [0.1, 0.15) is 165 Å². The van der Waals surface area contributed by atoms with Gasteiger partial charge >= 0.3 is 19.8 Å². The van der Waals surface area contributed by atoms with Gasteiger partial charge in [-0.2, -0.15) is 0 Å². The SMILES string of the molecule is CCCCCCCC/C=C\CCCCCCCC(=O)OC[C@H](COP(=O)(O)O[C@@H]1C(O[C@@H]2OC(CO[C@@H]3OC(CO[C@@H]4OC(CO[C@@H]5OC(CO)[C@H](O)C(O)[C@@H]5O)[C@H](O)C(O)[C@@H]4O)[C@H](O)C(O)[C@@H]3O)[C@H](O)C(O)[C@@H]2O)C(O)[C@@H](O)C(O)[C@H]1O[C@H]1OC(CO)[C@@H](O)C(O)[C@H]1O)OC(=O)CCCCCCCCCCCCC. The largest absolute Gasteiger partial charge is 0.472 e. The number of hydrogen-bond donors (Lipinski definition) is 21. The summed E-state index contributed by atoms with van der Waals surface area (Å²) in [5, 5.41) is 217. The molecule has 1 aliphatic carbocycles. The maximum atomic E-state index is 14.4. The van der Waals surface area contributed by atoms with Crippen molar-refractivity contribution in [3.8, 4) is 0 Å². The van der Waals surface area contributed by atoms with Crippen molar-refractivity contribution < 1.29 is 187 Å². The second-order valence-electron chi connectivity index (χ2n) is 29.4. The van der Waals surface area contributed by atoms with E-state index in [0.29, 0.717) is 25.7 Å². The first-order valence-corrected chi connectivity index (χ1v) is 40.6. The highest BCUT2D eigenvalue weighted by molar-refractivity contribution is 7.47. The van der Waals surface area contributed by atoms with Gasteiger partial charge in [0, 0.05) is 12.8 Å². The Labute approximate surface area is 640 Å². The molecular formula is C71H127O38P. The second kappa shape index (κ2) is 49.7. The fourth-order valence-corrected chi connectivity index (χ4v) is 14.6. The molecule has 5 aliphatic heterocycles. The van der Waals surface area contributed by atoms with Gasteiger partial charge in [0.25, 0.3) is 0 Å². The van der Waals surface area contributed by atoms with Crippen LogP contribution in [0, 0.1) is 0 Å². The lowest BCUT2D eigenvalue weighted by atomic mass is 9.84. The average Bonchev–Trinajstić information content (AvgIpc) is 0.758. The van der Waals surface area contributed by atoms with Crippen LogP contribution in [0.2, 0.25) is 0 Å². The molecule has 6 rings (SSSR count). The van der Waals surface area contributed by atoms with Gasteiger partial charge in [-0.3, -0.25) is 18.6 Å². The summed E-state index contributed by atoms with van der Waals surface area (Å²) in [4.78, 5) is 38.2. The van der Waals surface area contributed by atoms with Crippen molar-refractivity contribution in [2.24, 2.45) is 0 Å². The predicted molar refractivity (Wildman–Crippen MR) is 375 cm³/mol. The minimum Gasteiger partial charge on any atom is -0.462 e. The Morgan fingerprint density at radius 2 is 0.655 bits per heavy atom. The first-order chi connectivity index (χ1) is 52.5. The smallest absolute Gasteiger partial charge is 0.462 e. The summed E-state index contributed by atoms with van der Waals surface area (Å²) in [7, 11) is -5.85. The number of carbonyl (C=O) groups excluding carboxylic acids is 2. The van der Waals surface area contributed by atoms with Crippen LogP contribution in [-0.2, 0) is 80.0 Å². The molecule has 33 atom stereocenters. The van der Waals surface area contributed by atoms with Crippen molar-refractivity contribution in [3.63, 3.8) is 0 Å². The summed E-state index contributed by atoms with van der Waals surface area (Å²) in [5.41, 5.74) is 0. The van der Waals surface area contributed by atoms with Crippen LogP contribution in [0.5, 0.6) is 0 Å². The molecular weight excluding hydrogens is 1490 g/mol. The topological polar surface area (TPSA) is 605 Å². The number of carbonyl (C=O) groups is 2. The maximum Gasteiger partial charge on any atom is 0.472 e. The van der Waals surface area contributed by atoms with Crippen LogP contribution in [-0.4, -0.2) is 361 Å². The monoisotopic (exact) mass is 1620 g/mol. The van der Waals surface area contributed by atoms with E-state index in [4.69, 9.17) is 65.9 Å². The minimum absolute atomic E-state index is 0.0288. The highest BCUT2D eigenvalue weighted by Crippen LogP contribution is 2.49. The fraction of sp³-hybridized carbons (Fsp3) is 0.944. The molecule has 0 spiro atoms. The van der Waals surface area contributed by atoms with E-state index in [1.807, 2.05) is 0 Å². The zero-order valence-electron chi connectivity index (χ0n) is 62.7. The van der Waals surface area contributed by atoms with Crippen molar-refractivity contribution in [1.29, 1.82) is 0 Å². The van der Waals surface area contributed by atoms with Gasteiger partial charge in [-0.1, -0.05) is 142 Å². The molecule has 6 aliphatic rings. The van der Waals surface area contributed by atoms with Crippen LogP contribution in [0.25, 0.3) is 0 Å². The van der Waals surface area contributed by atoms with Gasteiger partial charge in [-0.05, 0) is 38.5 Å². The second-order valence-corrected chi connectivity index (χ2v) is 30.8. The third-order valence-corrected chi connectivity index (χ3v) is 21.6. The molecule has 0 bridgehead atoms. The summed E-state index contributed by atoms with van der Waals surface area (Å²) in [6.45, 7) is -1.94.